The molecule has 1 aromatic carbocycles. The summed E-state index contributed by atoms with van der Waals surface area (Å²) in [6.07, 6.45) is 3.54. The summed E-state index contributed by atoms with van der Waals surface area (Å²) in [6, 6.07) is 10.7. The van der Waals surface area contributed by atoms with Gasteiger partial charge in [0.25, 0.3) is 0 Å². The van der Waals surface area contributed by atoms with Crippen molar-refractivity contribution in [1.82, 2.24) is 10.2 Å². The maximum Gasteiger partial charge on any atom is 0.223 e. The molecule has 4 heteroatoms. The number of amides is 1. The number of fused-ring (bicyclic) bond motifs is 1. The second-order valence-electron chi connectivity index (χ2n) is 7.32. The molecule has 1 amide bonds. The number of benzene rings is 1. The Morgan fingerprint density at radius 1 is 1.22 bits per heavy atom. The van der Waals surface area contributed by atoms with E-state index in [-0.39, 0.29) is 12.0 Å². The second kappa shape index (κ2) is 6.62. The molecule has 1 aliphatic carbocycles. The minimum atomic E-state index is 0.224. The Kier molecular flexibility index (Phi) is 4.36. The van der Waals surface area contributed by atoms with Gasteiger partial charge in [0.15, 0.2) is 0 Å². The first kappa shape index (κ1) is 15.2. The average Bonchev–Trinajstić information content (AvgIpc) is 3.35. The van der Waals surface area contributed by atoms with Gasteiger partial charge in [-0.05, 0) is 37.3 Å². The third-order valence-electron chi connectivity index (χ3n) is 5.55. The Morgan fingerprint density at radius 2 is 2.04 bits per heavy atom. The van der Waals surface area contributed by atoms with Crippen molar-refractivity contribution in [2.24, 2.45) is 17.8 Å². The zero-order valence-electron chi connectivity index (χ0n) is 13.6. The summed E-state index contributed by atoms with van der Waals surface area (Å²) in [5.74, 6) is 1.76. The summed E-state index contributed by atoms with van der Waals surface area (Å²) < 4.78 is 6.01. The molecule has 1 saturated carbocycles. The molecular weight excluding hydrogens is 288 g/mol. The van der Waals surface area contributed by atoms with Gasteiger partial charge in [0.1, 0.15) is 0 Å². The first-order valence-electron chi connectivity index (χ1n) is 8.95. The SMILES string of the molecule is O=C(NC[C@H]1OC[C@H]2CN(Cc3ccccc3)CC[C@H]21)C1CC1. The van der Waals surface area contributed by atoms with E-state index >= 15 is 0 Å². The molecule has 2 saturated heterocycles. The monoisotopic (exact) mass is 314 g/mol. The Balaban J connectivity index is 1.27. The minimum absolute atomic E-state index is 0.224. The van der Waals surface area contributed by atoms with Crippen LogP contribution in [0.4, 0.5) is 0 Å². The summed E-state index contributed by atoms with van der Waals surface area (Å²) in [7, 11) is 0. The normalized spacial score (nSPS) is 30.9. The highest BCUT2D eigenvalue weighted by molar-refractivity contribution is 5.80. The van der Waals surface area contributed by atoms with Gasteiger partial charge in [-0.15, -0.1) is 0 Å². The predicted molar refractivity (Wildman–Crippen MR) is 88.8 cm³/mol. The standard InChI is InChI=1S/C19H26N2O2/c22-19(15-6-7-15)20-10-18-17-8-9-21(12-16(17)13-23-18)11-14-4-2-1-3-5-14/h1-5,15-18H,6-13H2,(H,20,22)/t16-,17-,18-/m1/s1. The second-order valence-corrected chi connectivity index (χ2v) is 7.32. The number of nitrogens with zero attached hydrogens (tertiary/aromatic N) is 1. The zero-order chi connectivity index (χ0) is 15.6. The van der Waals surface area contributed by atoms with Crippen LogP contribution in [0.5, 0.6) is 0 Å². The highest BCUT2D eigenvalue weighted by atomic mass is 16.5. The van der Waals surface area contributed by atoms with Gasteiger partial charge in [-0.1, -0.05) is 30.3 Å². The van der Waals surface area contributed by atoms with Crippen molar-refractivity contribution in [2.75, 3.05) is 26.2 Å². The van der Waals surface area contributed by atoms with E-state index in [4.69, 9.17) is 4.74 Å². The molecule has 0 radical (unpaired) electrons. The fourth-order valence-corrected chi connectivity index (χ4v) is 4.05. The Hall–Kier alpha value is -1.39. The Bertz CT molecular complexity index is 544. The first-order valence-corrected chi connectivity index (χ1v) is 8.95. The van der Waals surface area contributed by atoms with Crippen molar-refractivity contribution >= 4 is 5.91 Å². The number of carbonyl (C=O) groups excluding carboxylic acids is 1. The molecule has 4 nitrogen and oxygen atoms in total. The Morgan fingerprint density at radius 3 is 2.83 bits per heavy atom. The number of carbonyl (C=O) groups is 1. The van der Waals surface area contributed by atoms with Crippen LogP contribution in [0.15, 0.2) is 30.3 Å². The molecular formula is C19H26N2O2. The van der Waals surface area contributed by atoms with Crippen molar-refractivity contribution in [3.63, 3.8) is 0 Å². The van der Waals surface area contributed by atoms with Crippen LogP contribution in [0.1, 0.15) is 24.8 Å². The van der Waals surface area contributed by atoms with Gasteiger partial charge in [0.2, 0.25) is 5.91 Å². The van der Waals surface area contributed by atoms with Crippen molar-refractivity contribution in [3.8, 4) is 0 Å². The van der Waals surface area contributed by atoms with Crippen molar-refractivity contribution in [3.05, 3.63) is 35.9 Å². The van der Waals surface area contributed by atoms with Gasteiger partial charge in [0, 0.05) is 31.5 Å². The number of nitrogens with one attached hydrogen (secondary N) is 1. The number of piperidine rings is 1. The molecule has 2 heterocycles. The summed E-state index contributed by atoms with van der Waals surface area (Å²) in [6.45, 7) is 4.83. The highest BCUT2D eigenvalue weighted by Gasteiger charge is 2.41. The molecule has 2 aliphatic heterocycles. The van der Waals surface area contributed by atoms with Crippen LogP contribution >= 0.6 is 0 Å². The van der Waals surface area contributed by atoms with E-state index in [0.717, 1.165) is 39.1 Å². The quantitative estimate of drug-likeness (QED) is 0.904. The van der Waals surface area contributed by atoms with Gasteiger partial charge in [-0.2, -0.15) is 0 Å². The van der Waals surface area contributed by atoms with Crippen LogP contribution in [-0.2, 0) is 16.1 Å². The average molecular weight is 314 g/mol. The minimum Gasteiger partial charge on any atom is -0.376 e. The van der Waals surface area contributed by atoms with E-state index in [9.17, 15) is 4.79 Å². The summed E-state index contributed by atoms with van der Waals surface area (Å²) in [5, 5.41) is 3.09. The Labute approximate surface area is 138 Å². The molecule has 23 heavy (non-hydrogen) atoms. The van der Waals surface area contributed by atoms with Crippen molar-refractivity contribution in [2.45, 2.75) is 31.9 Å². The van der Waals surface area contributed by atoms with E-state index in [1.54, 1.807) is 0 Å². The van der Waals surface area contributed by atoms with Crippen LogP contribution in [0.2, 0.25) is 0 Å². The molecule has 1 aromatic rings. The lowest BCUT2D eigenvalue weighted by Crippen LogP contribution is -2.43. The molecule has 0 aromatic heterocycles. The molecule has 4 rings (SSSR count). The summed E-state index contributed by atoms with van der Waals surface area (Å²) in [4.78, 5) is 14.3. The van der Waals surface area contributed by atoms with Gasteiger partial charge in [0.05, 0.1) is 12.7 Å². The van der Waals surface area contributed by atoms with E-state index in [0.29, 0.717) is 24.3 Å². The number of hydrogen-bond donors (Lipinski definition) is 1. The maximum absolute atomic E-state index is 11.8. The van der Waals surface area contributed by atoms with E-state index < -0.39 is 0 Å². The van der Waals surface area contributed by atoms with Crippen LogP contribution in [0.3, 0.4) is 0 Å². The molecule has 0 spiro atoms. The van der Waals surface area contributed by atoms with Crippen LogP contribution in [-0.4, -0.2) is 43.2 Å². The van der Waals surface area contributed by atoms with E-state index in [1.807, 2.05) is 0 Å². The number of ether oxygens (including phenoxy) is 1. The van der Waals surface area contributed by atoms with Gasteiger partial charge < -0.3 is 10.1 Å². The third-order valence-corrected chi connectivity index (χ3v) is 5.55. The van der Waals surface area contributed by atoms with Crippen LogP contribution < -0.4 is 5.32 Å². The lowest BCUT2D eigenvalue weighted by molar-refractivity contribution is -0.122. The van der Waals surface area contributed by atoms with Crippen molar-refractivity contribution in [1.29, 1.82) is 0 Å². The number of likely N-dealkylation sites (tertiary alicyclic amines) is 1. The summed E-state index contributed by atoms with van der Waals surface area (Å²) >= 11 is 0. The smallest absolute Gasteiger partial charge is 0.223 e. The van der Waals surface area contributed by atoms with Gasteiger partial charge >= 0.3 is 0 Å². The number of rotatable bonds is 5. The molecule has 124 valence electrons. The number of hydrogen-bond acceptors (Lipinski definition) is 3. The van der Waals surface area contributed by atoms with Gasteiger partial charge in [-0.3, -0.25) is 9.69 Å². The molecule has 3 aliphatic rings. The highest BCUT2D eigenvalue weighted by Crippen LogP contribution is 2.35. The third kappa shape index (κ3) is 3.59. The zero-order valence-corrected chi connectivity index (χ0v) is 13.6. The maximum atomic E-state index is 11.8. The lowest BCUT2D eigenvalue weighted by atomic mass is 9.84. The van der Waals surface area contributed by atoms with E-state index in [1.165, 1.54) is 12.0 Å². The predicted octanol–water partition coefficient (Wildman–Crippen LogP) is 2.05. The molecule has 3 atom stereocenters. The molecule has 1 N–H and O–H groups in total. The lowest BCUT2D eigenvalue weighted by Gasteiger charge is -2.35. The molecule has 3 fully saturated rings. The topological polar surface area (TPSA) is 41.6 Å². The van der Waals surface area contributed by atoms with Crippen LogP contribution in [0, 0.1) is 17.8 Å². The fraction of sp³-hybridized carbons (Fsp3) is 0.632. The molecule has 0 unspecified atom stereocenters. The van der Waals surface area contributed by atoms with Crippen molar-refractivity contribution < 1.29 is 9.53 Å². The van der Waals surface area contributed by atoms with Gasteiger partial charge in [-0.25, -0.2) is 0 Å². The van der Waals surface area contributed by atoms with Crippen LogP contribution in [0.25, 0.3) is 0 Å². The summed E-state index contributed by atoms with van der Waals surface area (Å²) in [5.41, 5.74) is 1.39. The van der Waals surface area contributed by atoms with E-state index in [2.05, 4.69) is 40.5 Å². The first-order chi connectivity index (χ1) is 11.3. The molecule has 0 bridgehead atoms. The fourth-order valence-electron chi connectivity index (χ4n) is 4.05. The largest absolute Gasteiger partial charge is 0.376 e.